The normalized spacial score (nSPS) is 19.9. The van der Waals surface area contributed by atoms with Gasteiger partial charge in [-0.3, -0.25) is 4.79 Å². The van der Waals surface area contributed by atoms with E-state index in [0.717, 1.165) is 17.0 Å². The zero-order valence-corrected chi connectivity index (χ0v) is 17.1. The number of amides is 1. The van der Waals surface area contributed by atoms with E-state index in [-0.39, 0.29) is 12.1 Å². The third-order valence-corrected chi connectivity index (χ3v) is 6.04. The van der Waals surface area contributed by atoms with Crippen LogP contribution in [0.25, 0.3) is 0 Å². The van der Waals surface area contributed by atoms with Gasteiger partial charge in [0.05, 0.1) is 23.9 Å². The number of carbonyl (C=O) groups excluding carboxylic acids is 1. The maximum atomic E-state index is 14.0. The highest BCUT2D eigenvalue weighted by Gasteiger charge is 2.63. The highest BCUT2D eigenvalue weighted by Crippen LogP contribution is 2.54. The molecule has 7 heteroatoms. The lowest BCUT2D eigenvalue weighted by Gasteiger charge is -2.36. The maximum absolute atomic E-state index is 14.0. The molecular weight excluding hydrogens is 417 g/mol. The number of nitriles is 1. The molecule has 1 heterocycles. The molecule has 2 atom stereocenters. The van der Waals surface area contributed by atoms with Crippen molar-refractivity contribution in [1.29, 1.82) is 5.26 Å². The predicted octanol–water partition coefficient (Wildman–Crippen LogP) is 4.92. The van der Waals surface area contributed by atoms with Crippen LogP contribution in [0.15, 0.2) is 78.9 Å². The third-order valence-electron chi connectivity index (χ3n) is 6.04. The number of hydrogen-bond donors (Lipinski definition) is 1. The summed E-state index contributed by atoms with van der Waals surface area (Å²) in [5.41, 5.74) is -5.14. The Bertz CT molecular complexity index is 1210. The maximum Gasteiger partial charge on any atom is 0.418 e. The van der Waals surface area contributed by atoms with Crippen LogP contribution in [0.2, 0.25) is 0 Å². The number of alkyl halides is 3. The number of benzene rings is 3. The van der Waals surface area contributed by atoms with Crippen molar-refractivity contribution in [2.75, 3.05) is 4.90 Å². The minimum absolute atomic E-state index is 0.182. The van der Waals surface area contributed by atoms with Crippen molar-refractivity contribution in [3.63, 3.8) is 0 Å². The molecule has 32 heavy (non-hydrogen) atoms. The van der Waals surface area contributed by atoms with Gasteiger partial charge in [-0.25, -0.2) is 0 Å². The molecule has 1 aliphatic rings. The lowest BCUT2D eigenvalue weighted by atomic mass is 9.66. The van der Waals surface area contributed by atoms with E-state index in [9.17, 15) is 28.3 Å². The fourth-order valence-corrected chi connectivity index (χ4v) is 4.29. The second-order valence-corrected chi connectivity index (χ2v) is 7.89. The Morgan fingerprint density at radius 2 is 1.56 bits per heavy atom. The summed E-state index contributed by atoms with van der Waals surface area (Å²) < 4.78 is 41.9. The molecule has 0 fully saturated rings. The Balaban J connectivity index is 1.99. The van der Waals surface area contributed by atoms with Crippen LogP contribution in [0.5, 0.6) is 0 Å². The molecule has 0 radical (unpaired) electrons. The molecule has 0 spiro atoms. The smallest absolute Gasteiger partial charge is 0.374 e. The van der Waals surface area contributed by atoms with E-state index in [1.165, 1.54) is 13.0 Å². The van der Waals surface area contributed by atoms with Gasteiger partial charge in [-0.1, -0.05) is 72.8 Å². The van der Waals surface area contributed by atoms with E-state index < -0.39 is 34.4 Å². The molecule has 4 nitrogen and oxygen atoms in total. The van der Waals surface area contributed by atoms with Crippen LogP contribution in [0.1, 0.15) is 29.2 Å². The fraction of sp³-hybridized carbons (Fsp3) is 0.200. The van der Waals surface area contributed by atoms with Gasteiger partial charge in [0.1, 0.15) is 5.41 Å². The predicted molar refractivity (Wildman–Crippen MR) is 112 cm³/mol. The number of nitrogens with zero attached hydrogens (tertiary/aromatic N) is 2. The number of rotatable bonds is 4. The van der Waals surface area contributed by atoms with Crippen molar-refractivity contribution in [2.45, 2.75) is 30.7 Å². The quantitative estimate of drug-likeness (QED) is 0.631. The SMILES string of the molecule is C[C@](C#N)(c1ccccc1)[C@]1(O)C(=O)N(Cc2ccccc2)c2c(C(F)(F)F)cccc21. The van der Waals surface area contributed by atoms with Crippen molar-refractivity contribution < 1.29 is 23.1 Å². The number of halogens is 3. The average molecular weight is 436 g/mol. The van der Waals surface area contributed by atoms with Gasteiger partial charge in [0, 0.05) is 5.56 Å². The summed E-state index contributed by atoms with van der Waals surface area (Å²) >= 11 is 0. The molecule has 0 saturated carbocycles. The van der Waals surface area contributed by atoms with Gasteiger partial charge in [0.2, 0.25) is 0 Å². The first-order valence-corrected chi connectivity index (χ1v) is 9.90. The molecule has 3 aromatic rings. The topological polar surface area (TPSA) is 64.3 Å². The number of para-hydroxylation sites is 1. The Kier molecular flexibility index (Phi) is 5.06. The number of fused-ring (bicyclic) bond motifs is 1. The number of carbonyl (C=O) groups is 1. The summed E-state index contributed by atoms with van der Waals surface area (Å²) in [5.74, 6) is -0.971. The van der Waals surface area contributed by atoms with Crippen molar-refractivity contribution in [2.24, 2.45) is 0 Å². The molecular formula is C25H19F3N2O2. The third kappa shape index (κ3) is 3.07. The van der Waals surface area contributed by atoms with Crippen molar-refractivity contribution in [3.8, 4) is 6.07 Å². The lowest BCUT2D eigenvalue weighted by molar-refractivity contribution is -0.141. The summed E-state index contributed by atoms with van der Waals surface area (Å²) in [6, 6.07) is 22.0. The summed E-state index contributed by atoms with van der Waals surface area (Å²) in [4.78, 5) is 14.6. The molecule has 1 aliphatic heterocycles. The minimum Gasteiger partial charge on any atom is -0.374 e. The molecule has 1 N–H and O–H groups in total. The zero-order chi connectivity index (χ0) is 23.1. The molecule has 4 rings (SSSR count). The Labute approximate surface area is 183 Å². The summed E-state index contributed by atoms with van der Waals surface area (Å²) in [6.07, 6.45) is -4.76. The molecule has 0 aliphatic carbocycles. The van der Waals surface area contributed by atoms with E-state index in [1.54, 1.807) is 60.7 Å². The van der Waals surface area contributed by atoms with Gasteiger partial charge in [0.25, 0.3) is 5.91 Å². The van der Waals surface area contributed by atoms with Crippen LogP contribution in [0, 0.1) is 11.3 Å². The van der Waals surface area contributed by atoms with E-state index in [2.05, 4.69) is 0 Å². The van der Waals surface area contributed by atoms with Gasteiger partial charge in [0.15, 0.2) is 5.60 Å². The molecule has 1 amide bonds. The first kappa shape index (κ1) is 21.6. The molecule has 162 valence electrons. The van der Waals surface area contributed by atoms with Gasteiger partial charge < -0.3 is 10.0 Å². The van der Waals surface area contributed by atoms with Crippen LogP contribution >= 0.6 is 0 Å². The van der Waals surface area contributed by atoms with E-state index in [1.807, 2.05) is 6.07 Å². The average Bonchev–Trinajstić information content (AvgIpc) is 3.02. The first-order valence-electron chi connectivity index (χ1n) is 9.90. The molecule has 0 bridgehead atoms. The number of aliphatic hydroxyl groups is 1. The van der Waals surface area contributed by atoms with Crippen LogP contribution in [0.4, 0.5) is 18.9 Å². The van der Waals surface area contributed by atoms with E-state index >= 15 is 0 Å². The van der Waals surface area contributed by atoms with Crippen molar-refractivity contribution in [1.82, 2.24) is 0 Å². The summed E-state index contributed by atoms with van der Waals surface area (Å²) in [6.45, 7) is 1.19. The zero-order valence-electron chi connectivity index (χ0n) is 17.1. The largest absolute Gasteiger partial charge is 0.418 e. The lowest BCUT2D eigenvalue weighted by Crippen LogP contribution is -2.53. The summed E-state index contributed by atoms with van der Waals surface area (Å²) in [7, 11) is 0. The monoisotopic (exact) mass is 436 g/mol. The number of hydrogen-bond acceptors (Lipinski definition) is 3. The van der Waals surface area contributed by atoms with Gasteiger partial charge in [-0.15, -0.1) is 0 Å². The highest BCUT2D eigenvalue weighted by molar-refractivity contribution is 6.09. The second-order valence-electron chi connectivity index (χ2n) is 7.89. The van der Waals surface area contributed by atoms with Crippen LogP contribution < -0.4 is 4.90 Å². The van der Waals surface area contributed by atoms with E-state index in [0.29, 0.717) is 11.1 Å². The molecule has 0 aromatic heterocycles. The van der Waals surface area contributed by atoms with Gasteiger partial charge >= 0.3 is 6.18 Å². The molecule has 0 unspecified atom stereocenters. The van der Waals surface area contributed by atoms with Crippen molar-refractivity contribution >= 4 is 11.6 Å². The van der Waals surface area contributed by atoms with Gasteiger partial charge in [-0.05, 0) is 24.1 Å². The van der Waals surface area contributed by atoms with E-state index in [4.69, 9.17) is 0 Å². The van der Waals surface area contributed by atoms with Crippen LogP contribution in [-0.4, -0.2) is 11.0 Å². The van der Waals surface area contributed by atoms with Crippen LogP contribution in [0.3, 0.4) is 0 Å². The minimum atomic E-state index is -4.76. The highest BCUT2D eigenvalue weighted by atomic mass is 19.4. The molecule has 3 aromatic carbocycles. The Morgan fingerprint density at radius 1 is 0.969 bits per heavy atom. The second kappa shape index (κ2) is 7.50. The fourth-order valence-electron chi connectivity index (χ4n) is 4.29. The summed E-state index contributed by atoms with van der Waals surface area (Å²) in [5, 5.41) is 22.0. The number of anilines is 1. The standard InChI is InChI=1S/C25H19F3N2O2/c1-23(16-29,18-11-6-3-7-12-18)24(32)19-13-8-14-20(25(26,27)28)21(19)30(22(24)31)15-17-9-4-2-5-10-17/h2-14,32H,15H2,1H3/t23-,24+/m0/s1. The van der Waals surface area contributed by atoms with Crippen LogP contribution in [-0.2, 0) is 28.5 Å². The van der Waals surface area contributed by atoms with Crippen molar-refractivity contribution in [3.05, 3.63) is 101 Å². The first-order chi connectivity index (χ1) is 15.1. The Morgan fingerprint density at radius 3 is 2.12 bits per heavy atom. The molecule has 0 saturated heterocycles. The van der Waals surface area contributed by atoms with Gasteiger partial charge in [-0.2, -0.15) is 18.4 Å². The Hall–Kier alpha value is -3.63.